The van der Waals surface area contributed by atoms with Crippen molar-refractivity contribution in [2.24, 2.45) is 0 Å². The summed E-state index contributed by atoms with van der Waals surface area (Å²) in [4.78, 5) is 72.6. The van der Waals surface area contributed by atoms with Gasteiger partial charge in [0.2, 0.25) is 0 Å². The molecule has 0 heterocycles. The van der Waals surface area contributed by atoms with E-state index in [1.54, 1.807) is 0 Å². The molecule has 0 aliphatic carbocycles. The molecule has 0 aliphatic rings. The first-order valence-electron chi connectivity index (χ1n) is 36.1. The van der Waals surface area contributed by atoms with Crippen LogP contribution in [0.15, 0.2) is 109 Å². The van der Waals surface area contributed by atoms with Gasteiger partial charge >= 0.3 is 39.5 Å². The highest BCUT2D eigenvalue weighted by molar-refractivity contribution is 7.47. The van der Waals surface area contributed by atoms with Crippen molar-refractivity contribution in [3.05, 3.63) is 109 Å². The fourth-order valence-electron chi connectivity index (χ4n) is 9.24. The zero-order valence-corrected chi connectivity index (χ0v) is 60.4. The molecule has 0 saturated carbocycles. The Morgan fingerprint density at radius 1 is 0.309 bits per heavy atom. The summed E-state index contributed by atoms with van der Waals surface area (Å²) >= 11 is 0. The number of aliphatic hydroxyl groups is 1. The number of hydrogen-bond acceptors (Lipinski definition) is 15. The zero-order chi connectivity index (χ0) is 69.0. The number of ether oxygens (including phenoxy) is 4. The second-order valence-electron chi connectivity index (χ2n) is 23.8. The summed E-state index contributed by atoms with van der Waals surface area (Å²) in [5.41, 5.74) is 0. The highest BCUT2D eigenvalue weighted by Crippen LogP contribution is 2.45. The average molecular weight is 1360 g/mol. The molecule has 0 spiro atoms. The van der Waals surface area contributed by atoms with Crippen LogP contribution in [0.1, 0.15) is 285 Å². The maximum Gasteiger partial charge on any atom is 0.472 e. The Bertz CT molecular complexity index is 2220. The maximum absolute atomic E-state index is 13.0. The molecule has 540 valence electrons. The van der Waals surface area contributed by atoms with Crippen LogP contribution >= 0.6 is 15.6 Å². The number of carbonyl (C=O) groups excluding carboxylic acids is 4. The minimum absolute atomic E-state index is 0.0354. The van der Waals surface area contributed by atoms with Crippen molar-refractivity contribution in [3.8, 4) is 0 Å². The largest absolute Gasteiger partial charge is 0.472 e. The number of rotatable bonds is 67. The van der Waals surface area contributed by atoms with Gasteiger partial charge in [0.05, 0.1) is 26.4 Å². The van der Waals surface area contributed by atoms with Crippen LogP contribution in [0.3, 0.4) is 0 Å². The van der Waals surface area contributed by atoms with Crippen LogP contribution in [-0.2, 0) is 65.4 Å². The zero-order valence-electron chi connectivity index (χ0n) is 58.6. The molecule has 0 aromatic heterocycles. The van der Waals surface area contributed by atoms with Gasteiger partial charge in [0.25, 0.3) is 0 Å². The highest BCUT2D eigenvalue weighted by atomic mass is 31.2. The van der Waals surface area contributed by atoms with E-state index in [9.17, 15) is 43.2 Å². The molecule has 19 heteroatoms. The summed E-state index contributed by atoms with van der Waals surface area (Å²) in [6.45, 7) is 4.50. The van der Waals surface area contributed by atoms with E-state index in [4.69, 9.17) is 37.0 Å². The van der Waals surface area contributed by atoms with Crippen molar-refractivity contribution in [2.75, 3.05) is 39.6 Å². The van der Waals surface area contributed by atoms with Crippen molar-refractivity contribution < 1.29 is 80.2 Å². The van der Waals surface area contributed by atoms with Gasteiger partial charge in [0, 0.05) is 25.7 Å². The first-order chi connectivity index (χ1) is 45.7. The number of hydrogen-bond donors (Lipinski definition) is 3. The smallest absolute Gasteiger partial charge is 0.462 e. The lowest BCUT2D eigenvalue weighted by molar-refractivity contribution is -0.161. The number of esters is 4. The van der Waals surface area contributed by atoms with Crippen LogP contribution in [0.5, 0.6) is 0 Å². The van der Waals surface area contributed by atoms with Crippen LogP contribution in [-0.4, -0.2) is 96.7 Å². The minimum Gasteiger partial charge on any atom is -0.462 e. The summed E-state index contributed by atoms with van der Waals surface area (Å²) in [6.07, 6.45) is 69.6. The summed E-state index contributed by atoms with van der Waals surface area (Å²) in [5, 5.41) is 10.6. The Balaban J connectivity index is 5.38. The monoisotopic (exact) mass is 1360 g/mol. The lowest BCUT2D eigenvalue weighted by atomic mass is 10.1. The van der Waals surface area contributed by atoms with Crippen molar-refractivity contribution in [3.63, 3.8) is 0 Å². The molecule has 17 nitrogen and oxygen atoms in total. The van der Waals surface area contributed by atoms with Crippen LogP contribution < -0.4 is 0 Å². The Morgan fingerprint density at radius 2 is 0.564 bits per heavy atom. The quantitative estimate of drug-likeness (QED) is 0.0169. The van der Waals surface area contributed by atoms with Gasteiger partial charge in [-0.15, -0.1) is 0 Å². The summed E-state index contributed by atoms with van der Waals surface area (Å²) in [7, 11) is -9.96. The predicted octanol–water partition coefficient (Wildman–Crippen LogP) is 20.2. The fourth-order valence-corrected chi connectivity index (χ4v) is 10.8. The number of carbonyl (C=O) groups is 4. The molecule has 0 saturated heterocycles. The molecule has 94 heavy (non-hydrogen) atoms. The molecule has 5 atom stereocenters. The first-order valence-corrected chi connectivity index (χ1v) is 39.1. The van der Waals surface area contributed by atoms with E-state index in [0.717, 1.165) is 148 Å². The van der Waals surface area contributed by atoms with E-state index in [-0.39, 0.29) is 25.7 Å². The van der Waals surface area contributed by atoms with Crippen LogP contribution in [0.4, 0.5) is 0 Å². The third-order valence-electron chi connectivity index (χ3n) is 14.7. The standard InChI is InChI=1S/C75H128O17P2/c1-5-9-13-17-21-25-29-31-33-34-36-37-41-44-48-52-56-60-73(78)86-66-71(92-75(80)62-58-54-50-46-42-38-35-32-30-26-22-18-14-10-6-2)68-90-94(83,84)88-64-69(76)63-87-93(81,82)89-67-70(91-74(79)61-57-53-49-45-40-28-24-20-16-12-8-4)65-85-72(77)59-55-51-47-43-39-27-23-19-15-11-7-3/h9-10,13-14,19,21-23,25-26,31-33,35-37,42,46,69-71,76H,5-8,11-12,15-18,20,24,27-30,34,38-41,43-45,47-68H2,1-4H3,(H,81,82)(H,83,84)/b13-9-,14-10-,23-19-,25-21-,26-22-,33-31-,35-32-,37-36-,46-42-. The SMILES string of the molecule is CC/C=C\C/C=C\C/C=C\C/C=C\CCCCCCC(=O)OCC(COP(=O)(O)OCC(O)COP(=O)(O)OCC(COC(=O)CCCCCCC/C=C\CCCC)OC(=O)CCCCCCCCCCCCC)OC(=O)CCCC/C=C\C/C=C\C/C=C\C/C=C\CC. The van der Waals surface area contributed by atoms with E-state index in [1.807, 2.05) is 0 Å². The molecule has 0 bridgehead atoms. The second-order valence-corrected chi connectivity index (χ2v) is 26.7. The molecule has 0 fully saturated rings. The average Bonchev–Trinajstić information content (AvgIpc) is 1.29. The number of allylic oxidation sites excluding steroid dienone is 18. The van der Waals surface area contributed by atoms with Crippen molar-refractivity contribution >= 4 is 39.5 Å². The van der Waals surface area contributed by atoms with Crippen LogP contribution in [0.2, 0.25) is 0 Å². The molecule has 3 N–H and O–H groups in total. The molecule has 0 aromatic rings. The van der Waals surface area contributed by atoms with Crippen molar-refractivity contribution in [1.82, 2.24) is 0 Å². The van der Waals surface area contributed by atoms with Crippen molar-refractivity contribution in [2.45, 2.75) is 303 Å². The Hall–Kier alpha value is -4.28. The Labute approximate surface area is 569 Å². The summed E-state index contributed by atoms with van der Waals surface area (Å²) in [5.74, 6) is -2.26. The van der Waals surface area contributed by atoms with Gasteiger partial charge in [-0.1, -0.05) is 246 Å². The topological polar surface area (TPSA) is 237 Å². The minimum atomic E-state index is -4.99. The molecule has 5 unspecified atom stereocenters. The van der Waals surface area contributed by atoms with Gasteiger partial charge in [0.15, 0.2) is 12.2 Å². The van der Waals surface area contributed by atoms with E-state index in [1.165, 1.54) is 51.4 Å². The number of aliphatic hydroxyl groups excluding tert-OH is 1. The van der Waals surface area contributed by atoms with E-state index in [2.05, 4.69) is 137 Å². The number of phosphoric acid groups is 2. The predicted molar refractivity (Wildman–Crippen MR) is 381 cm³/mol. The molecule has 0 amide bonds. The van der Waals surface area contributed by atoms with E-state index < -0.39 is 97.5 Å². The highest BCUT2D eigenvalue weighted by Gasteiger charge is 2.30. The lowest BCUT2D eigenvalue weighted by Crippen LogP contribution is -2.30. The summed E-state index contributed by atoms with van der Waals surface area (Å²) < 4.78 is 68.2. The van der Waals surface area contributed by atoms with Gasteiger partial charge in [-0.2, -0.15) is 0 Å². The third kappa shape index (κ3) is 66.3. The lowest BCUT2D eigenvalue weighted by Gasteiger charge is -2.21. The molecule has 0 aromatic carbocycles. The van der Waals surface area contributed by atoms with Gasteiger partial charge in [-0.05, 0) is 122 Å². The van der Waals surface area contributed by atoms with Gasteiger partial charge < -0.3 is 33.8 Å². The Morgan fingerprint density at radius 3 is 0.915 bits per heavy atom. The number of phosphoric ester groups is 2. The molecular formula is C75H128O17P2. The molecule has 0 radical (unpaired) electrons. The normalized spacial score (nSPS) is 14.7. The second kappa shape index (κ2) is 67.3. The van der Waals surface area contributed by atoms with Gasteiger partial charge in [0.1, 0.15) is 19.3 Å². The van der Waals surface area contributed by atoms with Crippen LogP contribution in [0, 0.1) is 0 Å². The molecule has 0 rings (SSSR count). The van der Waals surface area contributed by atoms with E-state index >= 15 is 0 Å². The van der Waals surface area contributed by atoms with E-state index in [0.29, 0.717) is 32.1 Å². The third-order valence-corrected chi connectivity index (χ3v) is 16.6. The number of unbranched alkanes of at least 4 members (excludes halogenated alkanes) is 23. The molecular weight excluding hydrogens is 1230 g/mol. The Kier molecular flexibility index (Phi) is 64.2. The van der Waals surface area contributed by atoms with Gasteiger partial charge in [-0.25, -0.2) is 9.13 Å². The van der Waals surface area contributed by atoms with Crippen molar-refractivity contribution in [1.29, 1.82) is 0 Å². The fraction of sp³-hybridized carbons (Fsp3) is 0.707. The maximum atomic E-state index is 13.0. The first kappa shape index (κ1) is 89.7. The van der Waals surface area contributed by atoms with Gasteiger partial charge in [-0.3, -0.25) is 37.3 Å². The molecule has 0 aliphatic heterocycles. The van der Waals surface area contributed by atoms with Crippen LogP contribution in [0.25, 0.3) is 0 Å². The summed E-state index contributed by atoms with van der Waals surface area (Å²) in [6, 6.07) is 0.